The van der Waals surface area contributed by atoms with Gasteiger partial charge in [0.05, 0.1) is 23.2 Å². The lowest BCUT2D eigenvalue weighted by molar-refractivity contribution is -0.238. The second-order valence-electron chi connectivity index (χ2n) is 13.0. The minimum absolute atomic E-state index is 0.00643. The third kappa shape index (κ3) is 4.08. The van der Waals surface area contributed by atoms with Crippen LogP contribution in [-0.2, 0) is 9.53 Å². The van der Waals surface area contributed by atoms with Crippen LogP contribution in [0.4, 0.5) is 0 Å². The number of hydrogen-bond donors (Lipinski definition) is 3. The molecule has 0 radical (unpaired) electrons. The highest BCUT2D eigenvalue weighted by molar-refractivity contribution is 5.66. The van der Waals surface area contributed by atoms with Crippen LogP contribution >= 0.6 is 0 Å². The van der Waals surface area contributed by atoms with Crippen molar-refractivity contribution in [1.82, 2.24) is 0 Å². The highest BCUT2D eigenvalue weighted by atomic mass is 16.5. The van der Waals surface area contributed by atoms with E-state index in [-0.39, 0.29) is 24.4 Å². The number of carbonyl (C=O) groups excluding carboxylic acids is 1. The smallest absolute Gasteiger partial charge is 0.302 e. The van der Waals surface area contributed by atoms with E-state index in [0.29, 0.717) is 30.6 Å². The molecule has 0 saturated heterocycles. The van der Waals surface area contributed by atoms with Gasteiger partial charge in [0.25, 0.3) is 0 Å². The third-order valence-corrected chi connectivity index (χ3v) is 10.7. The van der Waals surface area contributed by atoms with Crippen molar-refractivity contribution >= 4 is 5.97 Å². The summed E-state index contributed by atoms with van der Waals surface area (Å²) in [5.41, 5.74) is -1.05. The second-order valence-corrected chi connectivity index (χ2v) is 13.0. The molecule has 0 heterocycles. The van der Waals surface area contributed by atoms with Crippen LogP contribution < -0.4 is 0 Å². The van der Waals surface area contributed by atoms with Crippen LogP contribution in [0.25, 0.3) is 0 Å². The molecule has 0 aromatic heterocycles. The third-order valence-electron chi connectivity index (χ3n) is 10.7. The van der Waals surface area contributed by atoms with E-state index in [1.165, 1.54) is 32.6 Å². The predicted molar refractivity (Wildman–Crippen MR) is 133 cm³/mol. The first-order valence-electron chi connectivity index (χ1n) is 13.9. The summed E-state index contributed by atoms with van der Waals surface area (Å²) in [6, 6.07) is 0. The summed E-state index contributed by atoms with van der Waals surface area (Å²) in [5.74, 6) is 2.15. The summed E-state index contributed by atoms with van der Waals surface area (Å²) < 4.78 is 5.54. The maximum absolute atomic E-state index is 12.5. The molecule has 5 nitrogen and oxygen atoms in total. The van der Waals surface area contributed by atoms with Gasteiger partial charge in [0, 0.05) is 13.3 Å². The molecule has 4 aliphatic carbocycles. The van der Waals surface area contributed by atoms with Gasteiger partial charge in [-0.15, -0.1) is 0 Å². The molecular formula is C29H48O5. The van der Waals surface area contributed by atoms with Crippen LogP contribution in [0.1, 0.15) is 98.8 Å². The Kier molecular flexibility index (Phi) is 7.32. The summed E-state index contributed by atoms with van der Waals surface area (Å²) >= 11 is 0. The minimum atomic E-state index is -1.12. The Morgan fingerprint density at radius 1 is 1.15 bits per heavy atom. The largest absolute Gasteiger partial charge is 0.465 e. The first kappa shape index (κ1) is 26.2. The fraction of sp³-hybridized carbons (Fsp3) is 0.897. The van der Waals surface area contributed by atoms with E-state index in [1.807, 2.05) is 0 Å². The molecule has 3 fully saturated rings. The summed E-state index contributed by atoms with van der Waals surface area (Å²) in [4.78, 5) is 11.8. The Balaban J connectivity index is 1.63. The average Bonchev–Trinajstić information content (AvgIpc) is 3.09. The number of esters is 1. The summed E-state index contributed by atoms with van der Waals surface area (Å²) in [6.45, 7) is 10.9. The summed E-state index contributed by atoms with van der Waals surface area (Å²) in [7, 11) is 0. The highest BCUT2D eigenvalue weighted by Crippen LogP contribution is 2.69. The van der Waals surface area contributed by atoms with Crippen LogP contribution in [0.3, 0.4) is 0 Å². The summed E-state index contributed by atoms with van der Waals surface area (Å²) in [5, 5.41) is 34.3. The van der Waals surface area contributed by atoms with E-state index in [2.05, 4.69) is 33.8 Å². The van der Waals surface area contributed by atoms with Crippen LogP contribution in [-0.4, -0.2) is 45.7 Å². The number of aliphatic hydroxyl groups excluding tert-OH is 2. The van der Waals surface area contributed by atoms with Crippen LogP contribution in [0, 0.1) is 40.4 Å². The number of rotatable bonds is 7. The van der Waals surface area contributed by atoms with Gasteiger partial charge in [-0.1, -0.05) is 58.6 Å². The van der Waals surface area contributed by atoms with Crippen LogP contribution in [0.15, 0.2) is 11.6 Å². The first-order chi connectivity index (χ1) is 16.0. The summed E-state index contributed by atoms with van der Waals surface area (Å²) in [6.07, 6.45) is 9.79. The Labute approximate surface area is 206 Å². The van der Waals surface area contributed by atoms with Gasteiger partial charge in [-0.05, 0) is 73.5 Å². The Morgan fingerprint density at radius 3 is 2.56 bits per heavy atom. The number of ether oxygens (including phenoxy) is 1. The van der Waals surface area contributed by atoms with Crippen molar-refractivity contribution in [2.75, 3.05) is 6.61 Å². The molecule has 5 heteroatoms. The molecule has 3 saturated carbocycles. The monoisotopic (exact) mass is 476 g/mol. The molecular weight excluding hydrogens is 428 g/mol. The normalized spacial score (nSPS) is 44.6. The fourth-order valence-corrected chi connectivity index (χ4v) is 9.02. The molecule has 9 atom stereocenters. The lowest BCUT2D eigenvalue weighted by Crippen LogP contribution is -2.69. The fourth-order valence-electron chi connectivity index (χ4n) is 9.02. The van der Waals surface area contributed by atoms with E-state index >= 15 is 0 Å². The van der Waals surface area contributed by atoms with Gasteiger partial charge in [0.2, 0.25) is 0 Å². The number of carbonyl (C=O) groups is 1. The zero-order valence-corrected chi connectivity index (χ0v) is 22.1. The van der Waals surface area contributed by atoms with Crippen molar-refractivity contribution in [2.24, 2.45) is 40.4 Å². The van der Waals surface area contributed by atoms with E-state index in [9.17, 15) is 20.1 Å². The quantitative estimate of drug-likeness (QED) is 0.355. The Hall–Kier alpha value is -0.910. The van der Waals surface area contributed by atoms with Crippen molar-refractivity contribution in [3.05, 3.63) is 11.6 Å². The average molecular weight is 477 g/mol. The van der Waals surface area contributed by atoms with Crippen LogP contribution in [0.2, 0.25) is 0 Å². The number of hydrogen-bond acceptors (Lipinski definition) is 5. The Morgan fingerprint density at radius 2 is 1.88 bits per heavy atom. The van der Waals surface area contributed by atoms with E-state index < -0.39 is 29.2 Å². The van der Waals surface area contributed by atoms with Crippen molar-refractivity contribution in [2.45, 2.75) is 117 Å². The van der Waals surface area contributed by atoms with Crippen molar-refractivity contribution in [1.29, 1.82) is 0 Å². The molecule has 0 aromatic rings. The van der Waals surface area contributed by atoms with Gasteiger partial charge >= 0.3 is 5.97 Å². The van der Waals surface area contributed by atoms with Gasteiger partial charge in [0.15, 0.2) is 0 Å². The maximum atomic E-state index is 12.5. The molecule has 194 valence electrons. The van der Waals surface area contributed by atoms with Gasteiger partial charge < -0.3 is 20.1 Å². The molecule has 0 bridgehead atoms. The lowest BCUT2D eigenvalue weighted by atomic mass is 9.43. The van der Waals surface area contributed by atoms with Crippen LogP contribution in [0.5, 0.6) is 0 Å². The number of fused-ring (bicyclic) bond motifs is 5. The van der Waals surface area contributed by atoms with Gasteiger partial charge in [-0.3, -0.25) is 4.79 Å². The maximum Gasteiger partial charge on any atom is 0.302 e. The van der Waals surface area contributed by atoms with Crippen molar-refractivity contribution < 1.29 is 24.9 Å². The Bertz CT molecular complexity index is 791. The zero-order valence-electron chi connectivity index (χ0n) is 22.1. The molecule has 4 aliphatic rings. The molecule has 0 unspecified atom stereocenters. The van der Waals surface area contributed by atoms with Crippen molar-refractivity contribution in [3.63, 3.8) is 0 Å². The van der Waals surface area contributed by atoms with Gasteiger partial charge in [-0.2, -0.15) is 0 Å². The molecule has 34 heavy (non-hydrogen) atoms. The minimum Gasteiger partial charge on any atom is -0.465 e. The van der Waals surface area contributed by atoms with E-state index in [4.69, 9.17) is 4.74 Å². The first-order valence-corrected chi connectivity index (χ1v) is 13.9. The van der Waals surface area contributed by atoms with Gasteiger partial charge in [0.1, 0.15) is 6.61 Å². The number of aliphatic hydroxyl groups is 3. The molecule has 3 N–H and O–H groups in total. The topological polar surface area (TPSA) is 87.0 Å². The standard InChI is InChI=1S/C29H48O5/c1-18(2)7-6-8-19(3)23-11-12-24-25-10-9-21-15-22(31)16-26(32)28(21,17-34-20(4)30)29(25,33)14-13-27(23,24)5/h9,18-19,22-26,31-33H,6-8,10-17H2,1-5H3/t19-,22-,23-,24-,25-,26+,27-,28-,29-/m1/s1. The highest BCUT2D eigenvalue weighted by Gasteiger charge is 2.69. The molecule has 0 spiro atoms. The van der Waals surface area contributed by atoms with Gasteiger partial charge in [-0.25, -0.2) is 0 Å². The van der Waals surface area contributed by atoms with E-state index in [0.717, 1.165) is 30.8 Å². The molecule has 0 aliphatic heterocycles. The predicted octanol–water partition coefficient (Wildman–Crippen LogP) is 5.02. The van der Waals surface area contributed by atoms with E-state index in [1.54, 1.807) is 0 Å². The number of allylic oxidation sites excluding steroid dienone is 1. The van der Waals surface area contributed by atoms with Crippen molar-refractivity contribution in [3.8, 4) is 0 Å². The second kappa shape index (κ2) is 9.52. The molecule has 4 rings (SSSR count). The SMILES string of the molecule is CC(=O)OC[C@]12C(=CC[C@@H]3[C@H]4CC[C@H]([C@H](C)CCCC(C)C)[C@@]4(C)CC[C@@]31O)C[C@@H](O)C[C@@H]2O. The molecule has 0 aromatic carbocycles. The molecule has 0 amide bonds. The zero-order chi connectivity index (χ0) is 24.9. The lowest BCUT2D eigenvalue weighted by Gasteiger charge is -2.64.